The molecular weight excluding hydrogens is 649 g/mol. The molecular formula is C36H33F3O8S. The number of benzene rings is 2. The number of aromatic carboxylic acids is 1. The van der Waals surface area contributed by atoms with Gasteiger partial charge in [0.25, 0.3) is 0 Å². The Morgan fingerprint density at radius 1 is 1.15 bits per heavy atom. The van der Waals surface area contributed by atoms with Gasteiger partial charge >= 0.3 is 12.1 Å². The SMILES string of the molecule is CCCc1c(OCC/C=C\C=C\[C@H](c2c(C(=O)O)oc3c(c2=O)=CCC(=S)C=3)[C@H](O)c2ccccc2C(F)(F)F)ccc(C(C)=O)c1O. The fourth-order valence-electron chi connectivity index (χ4n) is 5.44. The molecule has 0 fully saturated rings. The summed E-state index contributed by atoms with van der Waals surface area (Å²) in [7, 11) is 0. The van der Waals surface area contributed by atoms with Gasteiger partial charge in [-0.25, -0.2) is 4.79 Å². The van der Waals surface area contributed by atoms with Crippen LogP contribution in [0.15, 0.2) is 69.9 Å². The predicted molar refractivity (Wildman–Crippen MR) is 177 cm³/mol. The van der Waals surface area contributed by atoms with E-state index in [1.807, 2.05) is 6.92 Å². The Morgan fingerprint density at radius 2 is 1.88 bits per heavy atom. The van der Waals surface area contributed by atoms with Gasteiger partial charge in [0.15, 0.2) is 11.2 Å². The van der Waals surface area contributed by atoms with Gasteiger partial charge in [-0.3, -0.25) is 9.59 Å². The van der Waals surface area contributed by atoms with Crippen molar-refractivity contribution in [2.45, 2.75) is 57.7 Å². The fraction of sp³-hybridized carbons (Fsp3) is 0.278. The number of thiocarbonyl (C=S) groups is 1. The van der Waals surface area contributed by atoms with Crippen molar-refractivity contribution in [3.63, 3.8) is 0 Å². The summed E-state index contributed by atoms with van der Waals surface area (Å²) in [6.45, 7) is 3.44. The van der Waals surface area contributed by atoms with E-state index in [4.69, 9.17) is 21.4 Å². The zero-order chi connectivity index (χ0) is 35.2. The van der Waals surface area contributed by atoms with Crippen LogP contribution in [0.1, 0.15) is 88.3 Å². The third-order valence-electron chi connectivity index (χ3n) is 7.69. The number of ketones is 1. The molecule has 0 saturated carbocycles. The lowest BCUT2D eigenvalue weighted by molar-refractivity contribution is -0.139. The summed E-state index contributed by atoms with van der Waals surface area (Å²) >= 11 is 5.15. The molecule has 3 N–H and O–H groups in total. The quantitative estimate of drug-likeness (QED) is 0.0866. The lowest BCUT2D eigenvalue weighted by Gasteiger charge is -2.24. The number of carbonyl (C=O) groups is 2. The van der Waals surface area contributed by atoms with E-state index in [-0.39, 0.29) is 40.8 Å². The number of alkyl halides is 3. The van der Waals surface area contributed by atoms with E-state index in [1.165, 1.54) is 49.4 Å². The van der Waals surface area contributed by atoms with Crippen LogP contribution in [-0.4, -0.2) is 38.5 Å². The largest absolute Gasteiger partial charge is 0.507 e. The van der Waals surface area contributed by atoms with E-state index in [1.54, 1.807) is 12.1 Å². The minimum atomic E-state index is -4.85. The fourth-order valence-corrected chi connectivity index (χ4v) is 5.63. The highest BCUT2D eigenvalue weighted by Crippen LogP contribution is 2.40. The molecule has 0 saturated heterocycles. The molecule has 0 radical (unpaired) electrons. The van der Waals surface area contributed by atoms with Crippen molar-refractivity contribution in [2.75, 3.05) is 6.61 Å². The molecule has 252 valence electrons. The highest BCUT2D eigenvalue weighted by atomic mass is 32.1. The smallest absolute Gasteiger partial charge is 0.416 e. The standard InChI is InChI=1S/C36H33F3O8S/c1-3-10-24-28(17-16-22(20(2)40)31(24)41)46-18-9-5-4-6-12-26(32(42)23-11-7-8-13-27(23)36(37,38)39)30-33(43)25-15-14-21(48)19-29(25)47-34(30)35(44)45/h4-8,11-13,15-17,19,26,32,41-42H,3,9-10,14,18H2,1-2H3,(H,44,45)/b5-4-,12-6+/t26-,32-/m1/s1. The summed E-state index contributed by atoms with van der Waals surface area (Å²) in [5.74, 6) is -4.02. The number of phenols is 1. The van der Waals surface area contributed by atoms with Gasteiger partial charge in [0.2, 0.25) is 5.76 Å². The van der Waals surface area contributed by atoms with Crippen molar-refractivity contribution in [3.05, 3.63) is 115 Å². The molecule has 0 bridgehead atoms. The highest BCUT2D eigenvalue weighted by Gasteiger charge is 2.38. The Hall–Kier alpha value is -4.81. The number of aliphatic hydroxyl groups excluding tert-OH is 1. The number of halogens is 3. The lowest BCUT2D eigenvalue weighted by atomic mass is 9.85. The molecule has 0 amide bonds. The molecule has 1 aliphatic rings. The number of hydrogen-bond acceptors (Lipinski definition) is 8. The molecule has 3 aromatic rings. The number of carbonyl (C=O) groups excluding carboxylic acids is 1. The van der Waals surface area contributed by atoms with Crippen molar-refractivity contribution in [1.29, 1.82) is 0 Å². The van der Waals surface area contributed by atoms with E-state index < -0.39 is 52.0 Å². The van der Waals surface area contributed by atoms with Gasteiger partial charge in [0, 0.05) is 22.8 Å². The number of aromatic hydroxyl groups is 1. The van der Waals surface area contributed by atoms with Crippen molar-refractivity contribution < 1.29 is 47.2 Å². The molecule has 8 nitrogen and oxygen atoms in total. The van der Waals surface area contributed by atoms with Crippen molar-refractivity contribution in [2.24, 2.45) is 0 Å². The van der Waals surface area contributed by atoms with Crippen LogP contribution in [0.5, 0.6) is 11.5 Å². The number of phenolic OH excluding ortho intramolecular Hbond substituents is 1. The maximum absolute atomic E-state index is 13.9. The molecule has 1 aromatic heterocycles. The normalized spacial score (nSPS) is 14.3. The first kappa shape index (κ1) is 36.0. The van der Waals surface area contributed by atoms with E-state index in [0.717, 1.165) is 18.2 Å². The lowest BCUT2D eigenvalue weighted by Crippen LogP contribution is -2.45. The first-order valence-electron chi connectivity index (χ1n) is 15.1. The average Bonchev–Trinajstić information content (AvgIpc) is 3.03. The number of hydrogen-bond donors (Lipinski definition) is 3. The minimum Gasteiger partial charge on any atom is -0.507 e. The molecule has 12 heteroatoms. The van der Waals surface area contributed by atoms with Crippen LogP contribution in [0, 0.1) is 0 Å². The summed E-state index contributed by atoms with van der Waals surface area (Å²) in [5.41, 5.74) is -2.40. The van der Waals surface area contributed by atoms with Gasteiger partial charge in [-0.15, -0.1) is 0 Å². The summed E-state index contributed by atoms with van der Waals surface area (Å²) in [6.07, 6.45) is 3.48. The maximum Gasteiger partial charge on any atom is 0.416 e. The Morgan fingerprint density at radius 3 is 2.54 bits per heavy atom. The van der Waals surface area contributed by atoms with Crippen LogP contribution < -0.4 is 20.8 Å². The summed E-state index contributed by atoms with van der Waals surface area (Å²) < 4.78 is 53.2. The Balaban J connectivity index is 1.68. The number of Topliss-reactive ketones (excluding diaryl/α,β-unsaturated/α-hetero) is 1. The topological polar surface area (TPSA) is 134 Å². The molecule has 48 heavy (non-hydrogen) atoms. The van der Waals surface area contributed by atoms with Gasteiger partial charge in [0.05, 0.1) is 34.6 Å². The van der Waals surface area contributed by atoms with Crippen LogP contribution in [-0.2, 0) is 12.6 Å². The van der Waals surface area contributed by atoms with Crippen molar-refractivity contribution in [3.8, 4) is 11.5 Å². The van der Waals surface area contributed by atoms with Gasteiger partial charge in [0.1, 0.15) is 16.9 Å². The summed E-state index contributed by atoms with van der Waals surface area (Å²) in [5, 5.41) is 31.9. The Labute approximate surface area is 278 Å². The van der Waals surface area contributed by atoms with Crippen LogP contribution in [0.3, 0.4) is 0 Å². The average molecular weight is 683 g/mol. The molecule has 1 heterocycles. The van der Waals surface area contributed by atoms with E-state index in [9.17, 15) is 42.9 Å². The van der Waals surface area contributed by atoms with E-state index in [0.29, 0.717) is 35.4 Å². The molecule has 0 aliphatic heterocycles. The van der Waals surface area contributed by atoms with Crippen molar-refractivity contribution >= 4 is 41.0 Å². The number of carboxylic acid groups (broad SMARTS) is 1. The number of aliphatic hydroxyl groups is 1. The first-order chi connectivity index (χ1) is 22.8. The summed E-state index contributed by atoms with van der Waals surface area (Å²) in [4.78, 5) is 38.2. The number of fused-ring (bicyclic) bond motifs is 1. The van der Waals surface area contributed by atoms with E-state index in [2.05, 4.69) is 0 Å². The van der Waals surface area contributed by atoms with Crippen LogP contribution >= 0.6 is 12.2 Å². The second-order valence-corrected chi connectivity index (χ2v) is 11.6. The maximum atomic E-state index is 13.9. The molecule has 4 rings (SSSR count). The minimum absolute atomic E-state index is 0.00388. The first-order valence-corrected chi connectivity index (χ1v) is 15.5. The van der Waals surface area contributed by atoms with Crippen LogP contribution in [0.2, 0.25) is 0 Å². The molecule has 2 atom stereocenters. The Bertz CT molecular complexity index is 1970. The molecule has 2 aromatic carbocycles. The molecule has 1 aliphatic carbocycles. The number of rotatable bonds is 13. The second-order valence-electron chi connectivity index (χ2n) is 11.0. The molecule has 0 unspecified atom stereocenters. The Kier molecular flexibility index (Phi) is 11.6. The summed E-state index contributed by atoms with van der Waals surface area (Å²) in [6, 6.07) is 7.40. The van der Waals surface area contributed by atoms with Gasteiger partial charge in [-0.2, -0.15) is 13.2 Å². The number of carboxylic acids is 1. The zero-order valence-corrected chi connectivity index (χ0v) is 26.9. The predicted octanol–water partition coefficient (Wildman–Crippen LogP) is 5.95. The third kappa shape index (κ3) is 8.00. The second kappa shape index (κ2) is 15.4. The van der Waals surface area contributed by atoms with Crippen molar-refractivity contribution in [1.82, 2.24) is 0 Å². The van der Waals surface area contributed by atoms with Gasteiger partial charge in [-0.1, -0.05) is 74.1 Å². The van der Waals surface area contributed by atoms with Gasteiger partial charge < -0.3 is 24.5 Å². The van der Waals surface area contributed by atoms with Crippen LogP contribution in [0.25, 0.3) is 12.2 Å². The zero-order valence-electron chi connectivity index (χ0n) is 26.0. The van der Waals surface area contributed by atoms with E-state index >= 15 is 0 Å². The van der Waals surface area contributed by atoms with Gasteiger partial charge in [-0.05, 0) is 49.6 Å². The number of allylic oxidation sites excluding steroid dienone is 2. The highest BCUT2D eigenvalue weighted by molar-refractivity contribution is 7.81. The third-order valence-corrected chi connectivity index (χ3v) is 7.97. The number of ether oxygens (including phenoxy) is 1. The monoisotopic (exact) mass is 682 g/mol. The van der Waals surface area contributed by atoms with Crippen LogP contribution in [0.4, 0.5) is 13.2 Å². The molecule has 0 spiro atoms.